The second-order valence-electron chi connectivity index (χ2n) is 4.49. The topological polar surface area (TPSA) is 35.2 Å². The Labute approximate surface area is 120 Å². The van der Waals surface area contributed by atoms with Crippen LogP contribution in [0.25, 0.3) is 0 Å². The molecule has 0 fully saturated rings. The van der Waals surface area contributed by atoms with Gasteiger partial charge >= 0.3 is 0 Å². The van der Waals surface area contributed by atoms with E-state index in [9.17, 15) is 4.39 Å². The van der Waals surface area contributed by atoms with Crippen molar-refractivity contribution < 1.29 is 9.13 Å². The van der Waals surface area contributed by atoms with Crippen LogP contribution in [0, 0.1) is 12.7 Å². The van der Waals surface area contributed by atoms with Crippen molar-refractivity contribution in [3.63, 3.8) is 0 Å². The van der Waals surface area contributed by atoms with Crippen LogP contribution in [-0.2, 0) is 0 Å². The third-order valence-electron chi connectivity index (χ3n) is 2.84. The molecule has 0 saturated carbocycles. The zero-order valence-corrected chi connectivity index (χ0v) is 12.4. The minimum atomic E-state index is -0.407. The van der Waals surface area contributed by atoms with Gasteiger partial charge in [0.25, 0.3) is 0 Å². The SMILES string of the molecule is Cc1cc(Oc2ccc([C@H](C)N)cc2F)ccc1Br. The average Bonchev–Trinajstić information content (AvgIpc) is 2.36. The normalized spacial score (nSPS) is 12.3. The summed E-state index contributed by atoms with van der Waals surface area (Å²) >= 11 is 3.41. The van der Waals surface area contributed by atoms with E-state index in [-0.39, 0.29) is 11.8 Å². The molecule has 0 unspecified atom stereocenters. The third-order valence-corrected chi connectivity index (χ3v) is 3.73. The van der Waals surface area contributed by atoms with Crippen molar-refractivity contribution in [2.24, 2.45) is 5.73 Å². The molecule has 0 aliphatic carbocycles. The van der Waals surface area contributed by atoms with Crippen LogP contribution in [0.5, 0.6) is 11.5 Å². The molecule has 1 atom stereocenters. The minimum Gasteiger partial charge on any atom is -0.454 e. The summed E-state index contributed by atoms with van der Waals surface area (Å²) in [6.07, 6.45) is 0. The predicted molar refractivity (Wildman–Crippen MR) is 78.0 cm³/mol. The Bertz CT molecular complexity index is 599. The van der Waals surface area contributed by atoms with Gasteiger partial charge in [-0.3, -0.25) is 0 Å². The number of hydrogen-bond acceptors (Lipinski definition) is 2. The summed E-state index contributed by atoms with van der Waals surface area (Å²) < 4.78 is 20.4. The maximum absolute atomic E-state index is 13.9. The highest BCUT2D eigenvalue weighted by Crippen LogP contribution is 2.29. The summed E-state index contributed by atoms with van der Waals surface area (Å²) in [7, 11) is 0. The molecule has 0 radical (unpaired) electrons. The highest BCUT2D eigenvalue weighted by atomic mass is 79.9. The van der Waals surface area contributed by atoms with Gasteiger partial charge < -0.3 is 10.5 Å². The van der Waals surface area contributed by atoms with Crippen molar-refractivity contribution in [1.82, 2.24) is 0 Å². The number of ether oxygens (including phenoxy) is 1. The molecular formula is C15H15BrFNO. The second-order valence-corrected chi connectivity index (χ2v) is 5.35. The minimum absolute atomic E-state index is 0.196. The first-order valence-electron chi connectivity index (χ1n) is 5.96. The molecule has 4 heteroatoms. The Balaban J connectivity index is 2.25. The first kappa shape index (κ1) is 14.0. The van der Waals surface area contributed by atoms with E-state index in [1.54, 1.807) is 18.2 Å². The van der Waals surface area contributed by atoms with Crippen LogP contribution < -0.4 is 10.5 Å². The fraction of sp³-hybridized carbons (Fsp3) is 0.200. The smallest absolute Gasteiger partial charge is 0.166 e. The summed E-state index contributed by atoms with van der Waals surface area (Å²) in [4.78, 5) is 0. The quantitative estimate of drug-likeness (QED) is 0.887. The molecule has 2 nitrogen and oxygen atoms in total. The maximum atomic E-state index is 13.9. The molecule has 0 aromatic heterocycles. The molecule has 100 valence electrons. The van der Waals surface area contributed by atoms with Crippen LogP contribution in [-0.4, -0.2) is 0 Å². The van der Waals surface area contributed by atoms with Crippen LogP contribution >= 0.6 is 15.9 Å². The van der Waals surface area contributed by atoms with E-state index in [4.69, 9.17) is 10.5 Å². The molecule has 19 heavy (non-hydrogen) atoms. The first-order chi connectivity index (χ1) is 8.97. The molecule has 0 heterocycles. The van der Waals surface area contributed by atoms with Gasteiger partial charge in [0.15, 0.2) is 11.6 Å². The van der Waals surface area contributed by atoms with E-state index in [2.05, 4.69) is 15.9 Å². The fourth-order valence-electron chi connectivity index (χ4n) is 1.69. The zero-order chi connectivity index (χ0) is 14.0. The molecule has 2 N–H and O–H groups in total. The van der Waals surface area contributed by atoms with E-state index in [1.807, 2.05) is 26.0 Å². The predicted octanol–water partition coefficient (Wildman–Crippen LogP) is 4.71. The largest absolute Gasteiger partial charge is 0.454 e. The molecule has 0 bridgehead atoms. The molecule has 0 saturated heterocycles. The van der Waals surface area contributed by atoms with Crippen LogP contribution in [0.2, 0.25) is 0 Å². The molecule has 0 aliphatic rings. The van der Waals surface area contributed by atoms with E-state index in [0.29, 0.717) is 5.75 Å². The third kappa shape index (κ3) is 3.33. The van der Waals surface area contributed by atoms with Gasteiger partial charge in [-0.25, -0.2) is 4.39 Å². The van der Waals surface area contributed by atoms with Crippen LogP contribution in [0.1, 0.15) is 24.1 Å². The zero-order valence-electron chi connectivity index (χ0n) is 10.8. The molecule has 2 aromatic rings. The lowest BCUT2D eigenvalue weighted by Crippen LogP contribution is -2.05. The number of hydrogen-bond donors (Lipinski definition) is 1. The van der Waals surface area contributed by atoms with Crippen LogP contribution in [0.15, 0.2) is 40.9 Å². The lowest BCUT2D eigenvalue weighted by Gasteiger charge is -2.11. The van der Waals surface area contributed by atoms with Crippen molar-refractivity contribution in [3.05, 3.63) is 57.8 Å². The summed E-state index contributed by atoms with van der Waals surface area (Å²) in [5, 5.41) is 0. The van der Waals surface area contributed by atoms with E-state index in [1.165, 1.54) is 6.07 Å². The summed E-state index contributed by atoms with van der Waals surface area (Å²) in [6.45, 7) is 3.76. The number of nitrogens with two attached hydrogens (primary N) is 1. The number of halogens is 2. The van der Waals surface area contributed by atoms with E-state index in [0.717, 1.165) is 15.6 Å². The molecule has 2 aromatic carbocycles. The lowest BCUT2D eigenvalue weighted by atomic mass is 10.1. The summed E-state index contributed by atoms with van der Waals surface area (Å²) in [5.74, 6) is 0.398. The van der Waals surface area contributed by atoms with E-state index < -0.39 is 5.82 Å². The van der Waals surface area contributed by atoms with Gasteiger partial charge in [-0.05, 0) is 55.3 Å². The van der Waals surface area contributed by atoms with Crippen molar-refractivity contribution in [3.8, 4) is 11.5 Å². The summed E-state index contributed by atoms with van der Waals surface area (Å²) in [5.41, 5.74) is 7.49. The summed E-state index contributed by atoms with van der Waals surface area (Å²) in [6, 6.07) is 10.1. The van der Waals surface area contributed by atoms with Gasteiger partial charge in [0.2, 0.25) is 0 Å². The highest BCUT2D eigenvalue weighted by molar-refractivity contribution is 9.10. The number of benzene rings is 2. The van der Waals surface area contributed by atoms with Crippen molar-refractivity contribution in [2.75, 3.05) is 0 Å². The van der Waals surface area contributed by atoms with Crippen LogP contribution in [0.4, 0.5) is 4.39 Å². The van der Waals surface area contributed by atoms with Gasteiger partial charge in [-0.2, -0.15) is 0 Å². The van der Waals surface area contributed by atoms with E-state index >= 15 is 0 Å². The maximum Gasteiger partial charge on any atom is 0.166 e. The Morgan fingerprint density at radius 2 is 1.95 bits per heavy atom. The Morgan fingerprint density at radius 3 is 2.53 bits per heavy atom. The molecule has 2 rings (SSSR count). The average molecular weight is 324 g/mol. The second kappa shape index (κ2) is 5.72. The van der Waals surface area contributed by atoms with Crippen molar-refractivity contribution in [2.45, 2.75) is 19.9 Å². The van der Waals surface area contributed by atoms with Gasteiger partial charge in [0.1, 0.15) is 5.75 Å². The highest BCUT2D eigenvalue weighted by Gasteiger charge is 2.08. The molecular weight excluding hydrogens is 309 g/mol. The lowest BCUT2D eigenvalue weighted by molar-refractivity contribution is 0.441. The number of aryl methyl sites for hydroxylation is 1. The molecule has 0 aliphatic heterocycles. The van der Waals surface area contributed by atoms with Gasteiger partial charge in [0, 0.05) is 10.5 Å². The van der Waals surface area contributed by atoms with Gasteiger partial charge in [-0.1, -0.05) is 22.0 Å². The molecule has 0 amide bonds. The van der Waals surface area contributed by atoms with Gasteiger partial charge in [-0.15, -0.1) is 0 Å². The Hall–Kier alpha value is -1.39. The number of rotatable bonds is 3. The Kier molecular flexibility index (Phi) is 4.22. The first-order valence-corrected chi connectivity index (χ1v) is 6.75. The van der Waals surface area contributed by atoms with Crippen molar-refractivity contribution in [1.29, 1.82) is 0 Å². The fourth-order valence-corrected chi connectivity index (χ4v) is 1.94. The van der Waals surface area contributed by atoms with Crippen LogP contribution in [0.3, 0.4) is 0 Å². The van der Waals surface area contributed by atoms with Crippen molar-refractivity contribution >= 4 is 15.9 Å². The molecule has 0 spiro atoms. The standard InChI is InChI=1S/C15H15BrFNO/c1-9-7-12(4-5-13(9)16)19-15-6-3-11(10(2)18)8-14(15)17/h3-8,10H,18H2,1-2H3/t10-/m0/s1. The monoisotopic (exact) mass is 323 g/mol. The Morgan fingerprint density at radius 1 is 1.21 bits per heavy atom. The van der Waals surface area contributed by atoms with Gasteiger partial charge in [0.05, 0.1) is 0 Å².